The van der Waals surface area contributed by atoms with Crippen molar-refractivity contribution >= 4 is 12.0 Å². The third kappa shape index (κ3) is 6.05. The van der Waals surface area contributed by atoms with E-state index in [-0.39, 0.29) is 5.92 Å². The van der Waals surface area contributed by atoms with Crippen LogP contribution in [0.3, 0.4) is 0 Å². The lowest BCUT2D eigenvalue weighted by Crippen LogP contribution is -2.25. The first-order chi connectivity index (χ1) is 15.5. The summed E-state index contributed by atoms with van der Waals surface area (Å²) in [4.78, 5) is 12.8. The fraction of sp³-hybridized carbons (Fsp3) is 0.185. The smallest absolute Gasteiger partial charge is 0.317 e. The van der Waals surface area contributed by atoms with Gasteiger partial charge in [-0.25, -0.2) is 4.39 Å². The monoisotopic (exact) mass is 429 g/mol. The molecule has 4 nitrogen and oxygen atoms in total. The molecule has 0 amide bonds. The molecule has 0 aliphatic heterocycles. The standard InChI is InChI=1S/C27H24FNO3/c1-19(2)26(24(28)16-20-10-5-3-6-11-20)27(30)32-25(18-29)21-12-9-15-23(17-21)31-22-13-7-4-8-14-22/h3-17,19,25-26H,1-2H3. The van der Waals surface area contributed by atoms with Crippen molar-refractivity contribution in [3.05, 3.63) is 102 Å². The summed E-state index contributed by atoms with van der Waals surface area (Å²) in [6, 6.07) is 26.8. The van der Waals surface area contributed by atoms with E-state index in [2.05, 4.69) is 0 Å². The second-order valence-electron chi connectivity index (χ2n) is 7.60. The van der Waals surface area contributed by atoms with Gasteiger partial charge in [0, 0.05) is 5.56 Å². The maximum Gasteiger partial charge on any atom is 0.317 e. The van der Waals surface area contributed by atoms with Crippen LogP contribution in [0.2, 0.25) is 0 Å². The van der Waals surface area contributed by atoms with Crippen molar-refractivity contribution in [2.75, 3.05) is 0 Å². The van der Waals surface area contributed by atoms with Crippen molar-refractivity contribution in [2.24, 2.45) is 11.8 Å². The SMILES string of the molecule is CC(C)C(C(=O)OC(C#N)c1cccc(Oc2ccccc2)c1)C(F)=Cc1ccccc1. The predicted octanol–water partition coefficient (Wildman–Crippen LogP) is 6.87. The van der Waals surface area contributed by atoms with Gasteiger partial charge in [0.25, 0.3) is 0 Å². The number of benzene rings is 3. The van der Waals surface area contributed by atoms with E-state index in [4.69, 9.17) is 9.47 Å². The first kappa shape index (κ1) is 22.8. The summed E-state index contributed by atoms with van der Waals surface area (Å²) in [6.45, 7) is 3.47. The fourth-order valence-corrected chi connectivity index (χ4v) is 3.23. The zero-order valence-corrected chi connectivity index (χ0v) is 17.9. The van der Waals surface area contributed by atoms with Gasteiger partial charge in [0.05, 0.1) is 0 Å². The summed E-state index contributed by atoms with van der Waals surface area (Å²) >= 11 is 0. The number of carbonyl (C=O) groups is 1. The molecule has 0 saturated carbocycles. The van der Waals surface area contributed by atoms with E-state index in [9.17, 15) is 14.4 Å². The maximum atomic E-state index is 15.0. The average molecular weight is 429 g/mol. The highest BCUT2D eigenvalue weighted by Gasteiger charge is 2.31. The Morgan fingerprint density at radius 2 is 1.56 bits per heavy atom. The van der Waals surface area contributed by atoms with E-state index in [0.29, 0.717) is 22.6 Å². The second kappa shape index (κ2) is 10.9. The molecule has 0 saturated heterocycles. The lowest BCUT2D eigenvalue weighted by Gasteiger charge is -2.20. The molecule has 3 rings (SSSR count). The minimum atomic E-state index is -1.19. The van der Waals surface area contributed by atoms with Gasteiger partial charge in [-0.3, -0.25) is 4.79 Å². The normalized spacial score (nSPS) is 13.2. The van der Waals surface area contributed by atoms with Crippen molar-refractivity contribution < 1.29 is 18.7 Å². The maximum absolute atomic E-state index is 15.0. The van der Waals surface area contributed by atoms with Gasteiger partial charge in [-0.1, -0.05) is 74.5 Å². The van der Waals surface area contributed by atoms with Crippen LogP contribution in [0.25, 0.3) is 6.08 Å². The lowest BCUT2D eigenvalue weighted by atomic mass is 9.93. The molecular formula is C27H24FNO3. The van der Waals surface area contributed by atoms with Crippen LogP contribution in [0, 0.1) is 23.2 Å². The van der Waals surface area contributed by atoms with Crippen molar-refractivity contribution in [3.63, 3.8) is 0 Å². The van der Waals surface area contributed by atoms with Crippen LogP contribution >= 0.6 is 0 Å². The third-order valence-electron chi connectivity index (χ3n) is 4.81. The number of halogens is 1. The zero-order chi connectivity index (χ0) is 22.9. The van der Waals surface area contributed by atoms with Gasteiger partial charge in [0.1, 0.15) is 29.3 Å². The van der Waals surface area contributed by atoms with Gasteiger partial charge in [-0.05, 0) is 41.8 Å². The number of rotatable bonds is 8. The Morgan fingerprint density at radius 3 is 2.19 bits per heavy atom. The molecule has 0 aliphatic rings. The Bertz CT molecular complexity index is 1100. The molecule has 0 aromatic heterocycles. The van der Waals surface area contributed by atoms with E-state index in [1.54, 1.807) is 62.4 Å². The van der Waals surface area contributed by atoms with E-state index in [1.807, 2.05) is 42.5 Å². The van der Waals surface area contributed by atoms with E-state index < -0.39 is 23.8 Å². The number of esters is 1. The minimum absolute atomic E-state index is 0.352. The third-order valence-corrected chi connectivity index (χ3v) is 4.81. The minimum Gasteiger partial charge on any atom is -0.457 e. The van der Waals surface area contributed by atoms with Gasteiger partial charge < -0.3 is 9.47 Å². The van der Waals surface area contributed by atoms with Crippen LogP contribution in [-0.2, 0) is 9.53 Å². The van der Waals surface area contributed by atoms with Crippen molar-refractivity contribution in [1.82, 2.24) is 0 Å². The number of hydrogen-bond acceptors (Lipinski definition) is 4. The molecule has 0 radical (unpaired) electrons. The van der Waals surface area contributed by atoms with Gasteiger partial charge in [-0.15, -0.1) is 0 Å². The Hall–Kier alpha value is -3.91. The molecule has 2 unspecified atom stereocenters. The molecule has 0 spiro atoms. The highest BCUT2D eigenvalue weighted by atomic mass is 19.1. The van der Waals surface area contributed by atoms with Crippen LogP contribution in [0.4, 0.5) is 4.39 Å². The predicted molar refractivity (Wildman–Crippen MR) is 121 cm³/mol. The lowest BCUT2D eigenvalue weighted by molar-refractivity contribution is -0.152. The Balaban J connectivity index is 1.77. The summed E-state index contributed by atoms with van der Waals surface area (Å²) < 4.78 is 26.2. The summed E-state index contributed by atoms with van der Waals surface area (Å²) in [5.41, 5.74) is 1.09. The number of hydrogen-bond donors (Lipinski definition) is 0. The molecule has 3 aromatic carbocycles. The summed E-state index contributed by atoms with van der Waals surface area (Å²) in [7, 11) is 0. The first-order valence-corrected chi connectivity index (χ1v) is 10.3. The van der Waals surface area contributed by atoms with E-state index in [0.717, 1.165) is 0 Å². The Morgan fingerprint density at radius 1 is 0.938 bits per heavy atom. The quantitative estimate of drug-likeness (QED) is 0.367. The number of nitrogens with zero attached hydrogens (tertiary/aromatic N) is 1. The Kier molecular flexibility index (Phi) is 7.77. The van der Waals surface area contributed by atoms with Crippen LogP contribution in [-0.4, -0.2) is 5.97 Å². The molecule has 0 heterocycles. The largest absolute Gasteiger partial charge is 0.457 e. The zero-order valence-electron chi connectivity index (χ0n) is 17.9. The molecule has 0 fully saturated rings. The summed E-state index contributed by atoms with van der Waals surface area (Å²) in [5.74, 6) is -1.72. The molecule has 2 atom stereocenters. The van der Waals surface area contributed by atoms with Gasteiger partial charge >= 0.3 is 5.97 Å². The van der Waals surface area contributed by atoms with Crippen molar-refractivity contribution in [3.8, 4) is 17.6 Å². The average Bonchev–Trinajstić information content (AvgIpc) is 2.79. The molecule has 32 heavy (non-hydrogen) atoms. The molecule has 162 valence electrons. The van der Waals surface area contributed by atoms with Gasteiger partial charge in [0.15, 0.2) is 0 Å². The molecule has 0 aliphatic carbocycles. The molecule has 5 heteroatoms. The molecule has 3 aromatic rings. The Labute approximate surface area is 187 Å². The number of nitriles is 1. The summed E-state index contributed by atoms with van der Waals surface area (Å²) in [5, 5.41) is 9.63. The van der Waals surface area contributed by atoms with Gasteiger partial charge in [-0.2, -0.15) is 5.26 Å². The number of carbonyl (C=O) groups excluding carboxylic acids is 1. The topological polar surface area (TPSA) is 59.3 Å². The highest BCUT2D eigenvalue weighted by Crippen LogP contribution is 2.30. The highest BCUT2D eigenvalue weighted by molar-refractivity contribution is 5.78. The van der Waals surface area contributed by atoms with Crippen LogP contribution in [0.15, 0.2) is 90.8 Å². The number of ether oxygens (including phenoxy) is 2. The number of para-hydroxylation sites is 1. The van der Waals surface area contributed by atoms with Crippen molar-refractivity contribution in [1.29, 1.82) is 5.26 Å². The van der Waals surface area contributed by atoms with Crippen molar-refractivity contribution in [2.45, 2.75) is 20.0 Å². The summed E-state index contributed by atoms with van der Waals surface area (Å²) in [6.07, 6.45) is 0.134. The van der Waals surface area contributed by atoms with Gasteiger partial charge in [0.2, 0.25) is 6.10 Å². The van der Waals surface area contributed by atoms with Crippen LogP contribution in [0.1, 0.15) is 31.1 Å². The molecule has 0 bridgehead atoms. The molecule has 0 N–H and O–H groups in total. The fourth-order valence-electron chi connectivity index (χ4n) is 3.23. The van der Waals surface area contributed by atoms with E-state index in [1.165, 1.54) is 6.08 Å². The molecular weight excluding hydrogens is 405 g/mol. The van der Waals surface area contributed by atoms with Crippen LogP contribution in [0.5, 0.6) is 11.5 Å². The van der Waals surface area contributed by atoms with Crippen LogP contribution < -0.4 is 4.74 Å². The first-order valence-electron chi connectivity index (χ1n) is 10.3. The van der Waals surface area contributed by atoms with E-state index >= 15 is 0 Å². The second-order valence-corrected chi connectivity index (χ2v) is 7.60.